The van der Waals surface area contributed by atoms with E-state index in [9.17, 15) is 10.2 Å². The number of phenols is 2. The van der Waals surface area contributed by atoms with E-state index in [-0.39, 0.29) is 11.5 Å². The molecule has 40 heavy (non-hydrogen) atoms. The molecule has 0 atom stereocenters. The second-order valence-corrected chi connectivity index (χ2v) is 23.9. The molecule has 0 spiro atoms. The Balaban J connectivity index is 1.66. The number of hydrogen-bond acceptors (Lipinski definition) is 6. The molecule has 0 aromatic heterocycles. The third-order valence-corrected chi connectivity index (χ3v) is 19.3. The van der Waals surface area contributed by atoms with Crippen molar-refractivity contribution < 1.29 is 27.9 Å². The first-order valence-corrected chi connectivity index (χ1v) is 22.6. The first-order chi connectivity index (χ1) is 18.9. The molecule has 6 nitrogen and oxygen atoms in total. The van der Waals surface area contributed by atoms with Gasteiger partial charge >= 0.3 is 8.56 Å². The third-order valence-electron chi connectivity index (χ3n) is 7.22. The molecular weight excluding hydrogens is 553 g/mol. The van der Waals surface area contributed by atoms with Crippen LogP contribution in [0, 0.1) is 0 Å². The highest BCUT2D eigenvalue weighted by Gasteiger charge is 2.44. The number of aryl methyl sites for hydroxylation is 2. The van der Waals surface area contributed by atoms with Gasteiger partial charge in [0.25, 0.3) is 0 Å². The molecule has 9 heteroatoms. The summed E-state index contributed by atoms with van der Waals surface area (Å²) in [5.74, 6) is 1.36. The average Bonchev–Trinajstić information content (AvgIpc) is 2.90. The highest BCUT2D eigenvalue weighted by Crippen LogP contribution is 2.31. The van der Waals surface area contributed by atoms with Crippen molar-refractivity contribution in [2.75, 3.05) is 14.2 Å². The summed E-state index contributed by atoms with van der Waals surface area (Å²) in [5, 5.41) is 21.0. The van der Waals surface area contributed by atoms with Crippen LogP contribution >= 0.6 is 0 Å². The predicted molar refractivity (Wildman–Crippen MR) is 170 cm³/mol. The van der Waals surface area contributed by atoms with Crippen molar-refractivity contribution in [1.29, 1.82) is 0 Å². The fourth-order valence-electron chi connectivity index (χ4n) is 5.23. The van der Waals surface area contributed by atoms with Crippen LogP contribution in [-0.2, 0) is 21.1 Å². The van der Waals surface area contributed by atoms with Gasteiger partial charge in [-0.05, 0) is 111 Å². The van der Waals surface area contributed by atoms with E-state index >= 15 is 0 Å². The van der Waals surface area contributed by atoms with E-state index in [4.69, 9.17) is 17.7 Å². The van der Waals surface area contributed by atoms with Crippen LogP contribution in [0.3, 0.4) is 0 Å². The van der Waals surface area contributed by atoms with E-state index in [0.29, 0.717) is 11.5 Å². The summed E-state index contributed by atoms with van der Waals surface area (Å²) in [6.07, 6.45) is 3.82. The maximum atomic E-state index is 9.90. The van der Waals surface area contributed by atoms with E-state index in [1.165, 1.54) is 5.19 Å². The first-order valence-electron chi connectivity index (χ1n) is 14.0. The Morgan fingerprint density at radius 1 is 0.600 bits per heavy atom. The van der Waals surface area contributed by atoms with Gasteiger partial charge in [0.2, 0.25) is 0 Å². The Bertz CT molecular complexity index is 1160. The second kappa shape index (κ2) is 13.9. The number of ether oxygens (including phenoxy) is 2. The lowest BCUT2D eigenvalue weighted by molar-refractivity contribution is 0.373. The van der Waals surface area contributed by atoms with Gasteiger partial charge in [-0.3, -0.25) is 0 Å². The number of phenolic OH excluding ortho intramolecular Hbond substituents is 2. The van der Waals surface area contributed by atoms with E-state index in [1.54, 1.807) is 26.4 Å². The zero-order valence-electron chi connectivity index (χ0n) is 25.1. The van der Waals surface area contributed by atoms with Crippen molar-refractivity contribution >= 4 is 30.4 Å². The fourth-order valence-corrected chi connectivity index (χ4v) is 18.8. The molecule has 0 unspecified atom stereocenters. The maximum absolute atomic E-state index is 9.90. The van der Waals surface area contributed by atoms with E-state index < -0.39 is 25.2 Å². The van der Waals surface area contributed by atoms with Gasteiger partial charge in [-0.15, -0.1) is 0 Å². The molecule has 218 valence electrons. The normalized spacial score (nSPS) is 12.4. The van der Waals surface area contributed by atoms with Gasteiger partial charge in [0.15, 0.2) is 39.6 Å². The number of methoxy groups -OCH3 is 2. The van der Waals surface area contributed by atoms with Gasteiger partial charge in [-0.25, -0.2) is 0 Å². The lowest BCUT2D eigenvalue weighted by atomic mass is 10.1. The lowest BCUT2D eigenvalue weighted by Crippen LogP contribution is -2.61. The molecule has 0 saturated carbocycles. The van der Waals surface area contributed by atoms with Crippen molar-refractivity contribution in [2.24, 2.45) is 0 Å². The van der Waals surface area contributed by atoms with Gasteiger partial charge in [-0.1, -0.05) is 42.5 Å². The zero-order valence-corrected chi connectivity index (χ0v) is 28.1. The van der Waals surface area contributed by atoms with Gasteiger partial charge < -0.3 is 27.9 Å². The summed E-state index contributed by atoms with van der Waals surface area (Å²) in [6.45, 7) is 11.4. The van der Waals surface area contributed by atoms with Crippen LogP contribution in [0.1, 0.15) is 24.0 Å². The van der Waals surface area contributed by atoms with Gasteiger partial charge in [-0.2, -0.15) is 0 Å². The molecule has 3 rings (SSSR count). The standard InChI is InChI=1S/C31H46O6Si3/c1-34-30-23-25(17-19-28(30)32)13-11-21-38(3,4)36-40(7,27-15-9-8-10-16-27)37-39(5,6)22-12-14-26-18-20-29(33)31(24-26)35-2/h8-10,15-20,23-24,32-33H,11-14,21-22H2,1-7H3. The van der Waals surface area contributed by atoms with Gasteiger partial charge in [0.05, 0.1) is 14.2 Å². The summed E-state index contributed by atoms with van der Waals surface area (Å²) in [6, 6.07) is 23.7. The second-order valence-electron chi connectivity index (χ2n) is 11.8. The van der Waals surface area contributed by atoms with Crippen LogP contribution in [0.5, 0.6) is 23.0 Å². The quantitative estimate of drug-likeness (QED) is 0.182. The first kappa shape index (κ1) is 32.0. The fraction of sp³-hybridized carbons (Fsp3) is 0.419. The Morgan fingerprint density at radius 2 is 1.02 bits per heavy atom. The van der Waals surface area contributed by atoms with Crippen molar-refractivity contribution in [3.05, 3.63) is 77.9 Å². The minimum atomic E-state index is -2.68. The molecule has 0 heterocycles. The minimum Gasteiger partial charge on any atom is -0.504 e. The number of aromatic hydroxyl groups is 2. The Morgan fingerprint density at radius 3 is 1.43 bits per heavy atom. The Labute approximate surface area is 243 Å². The summed E-state index contributed by atoms with van der Waals surface area (Å²) < 4.78 is 24.8. The van der Waals surface area contributed by atoms with Crippen LogP contribution in [-0.4, -0.2) is 49.6 Å². The third kappa shape index (κ3) is 9.24. The summed E-state index contributed by atoms with van der Waals surface area (Å²) >= 11 is 0. The topological polar surface area (TPSA) is 77.4 Å². The highest BCUT2D eigenvalue weighted by molar-refractivity contribution is 6.94. The highest BCUT2D eigenvalue weighted by atomic mass is 28.5. The van der Waals surface area contributed by atoms with E-state index in [1.807, 2.05) is 30.3 Å². The molecule has 0 aliphatic heterocycles. The smallest absolute Gasteiger partial charge is 0.348 e. The molecule has 0 aliphatic carbocycles. The summed E-state index contributed by atoms with van der Waals surface area (Å²) in [5.41, 5.74) is 2.30. The summed E-state index contributed by atoms with van der Waals surface area (Å²) in [7, 11) is -3.66. The predicted octanol–water partition coefficient (Wildman–Crippen LogP) is 7.10. The molecule has 0 saturated heterocycles. The Kier molecular flexibility index (Phi) is 11.1. The van der Waals surface area contributed by atoms with Gasteiger partial charge in [0.1, 0.15) is 0 Å². The van der Waals surface area contributed by atoms with Crippen molar-refractivity contribution in [1.82, 2.24) is 0 Å². The minimum absolute atomic E-state index is 0.167. The number of benzene rings is 3. The lowest BCUT2D eigenvalue weighted by Gasteiger charge is -2.41. The van der Waals surface area contributed by atoms with Crippen LogP contribution in [0.2, 0.25) is 44.8 Å². The molecule has 3 aromatic carbocycles. The van der Waals surface area contributed by atoms with Crippen LogP contribution < -0.4 is 14.7 Å². The largest absolute Gasteiger partial charge is 0.504 e. The van der Waals surface area contributed by atoms with Crippen LogP contribution in [0.25, 0.3) is 0 Å². The van der Waals surface area contributed by atoms with Crippen LogP contribution in [0.15, 0.2) is 66.7 Å². The monoisotopic (exact) mass is 598 g/mol. The van der Waals surface area contributed by atoms with Crippen LogP contribution in [0.4, 0.5) is 0 Å². The molecular formula is C31H46O6Si3. The molecule has 0 fully saturated rings. The number of hydrogen-bond donors (Lipinski definition) is 2. The average molecular weight is 599 g/mol. The van der Waals surface area contributed by atoms with Crippen molar-refractivity contribution in [2.45, 2.75) is 70.5 Å². The van der Waals surface area contributed by atoms with Crippen molar-refractivity contribution in [3.63, 3.8) is 0 Å². The Hall–Kier alpha value is -2.57. The van der Waals surface area contributed by atoms with Crippen molar-refractivity contribution in [3.8, 4) is 23.0 Å². The summed E-state index contributed by atoms with van der Waals surface area (Å²) in [4.78, 5) is 0. The van der Waals surface area contributed by atoms with E-state index in [0.717, 1.165) is 48.9 Å². The molecule has 3 aromatic rings. The molecule has 0 bridgehead atoms. The number of rotatable bonds is 15. The molecule has 2 N–H and O–H groups in total. The van der Waals surface area contributed by atoms with Gasteiger partial charge in [0, 0.05) is 0 Å². The molecule has 0 radical (unpaired) electrons. The van der Waals surface area contributed by atoms with E-state index in [2.05, 4.69) is 57.0 Å². The SMILES string of the molecule is COc1cc(CCC[Si](C)(C)O[Si](C)(O[Si](C)(C)CCCc2ccc(O)c(OC)c2)c2ccccc2)ccc1O. The zero-order chi connectivity index (χ0) is 29.4. The maximum Gasteiger partial charge on any atom is 0.348 e. The molecule has 0 amide bonds. The molecule has 0 aliphatic rings.